The molecule has 152 valence electrons. The van der Waals surface area contributed by atoms with Gasteiger partial charge in [0.2, 0.25) is 11.8 Å². The number of aliphatic hydroxyl groups is 2. The lowest BCUT2D eigenvalue weighted by atomic mass is 9.89. The van der Waals surface area contributed by atoms with Crippen molar-refractivity contribution in [2.24, 2.45) is 5.73 Å². The highest BCUT2D eigenvalue weighted by Gasteiger charge is 2.34. The molecule has 0 spiro atoms. The van der Waals surface area contributed by atoms with Gasteiger partial charge in [-0.1, -0.05) is 6.08 Å². The first kappa shape index (κ1) is 21.9. The summed E-state index contributed by atoms with van der Waals surface area (Å²) in [4.78, 5) is 35.6. The van der Waals surface area contributed by atoms with E-state index in [0.29, 0.717) is 10.2 Å². The topological polar surface area (TPSA) is 151 Å². The van der Waals surface area contributed by atoms with E-state index in [4.69, 9.17) is 10.5 Å². The molecule has 0 aliphatic heterocycles. The molecule has 0 saturated heterocycles. The number of hydrogen-bond donors (Lipinski definition) is 5. The van der Waals surface area contributed by atoms with Gasteiger partial charge in [-0.25, -0.2) is 0 Å². The number of nitrogens with one attached hydrogen (secondary N) is 2. The summed E-state index contributed by atoms with van der Waals surface area (Å²) in [5.41, 5.74) is 5.49. The van der Waals surface area contributed by atoms with E-state index in [9.17, 15) is 24.6 Å². The van der Waals surface area contributed by atoms with Crippen molar-refractivity contribution in [3.63, 3.8) is 0 Å². The summed E-state index contributed by atoms with van der Waals surface area (Å²) in [5, 5.41) is 25.4. The molecule has 1 aromatic rings. The summed E-state index contributed by atoms with van der Waals surface area (Å²) < 4.78 is 5.62. The fraction of sp³-hybridized carbons (Fsp3) is 0.389. The number of ether oxygens (including phenoxy) is 1. The van der Waals surface area contributed by atoms with E-state index >= 15 is 0 Å². The highest BCUT2D eigenvalue weighted by molar-refractivity contribution is 9.10. The van der Waals surface area contributed by atoms with Gasteiger partial charge in [-0.05, 0) is 34.1 Å². The molecular formula is C18H22BrN3O6. The lowest BCUT2D eigenvalue weighted by Crippen LogP contribution is -2.51. The monoisotopic (exact) mass is 455 g/mol. The van der Waals surface area contributed by atoms with Crippen LogP contribution in [-0.4, -0.2) is 59.8 Å². The number of carbonyl (C=O) groups is 3. The third-order valence-electron chi connectivity index (χ3n) is 4.24. The molecule has 10 heteroatoms. The average Bonchev–Trinajstić information content (AvgIpc) is 2.65. The smallest absolute Gasteiger partial charge is 0.253 e. The maximum absolute atomic E-state index is 12.6. The minimum absolute atomic E-state index is 0.0196. The zero-order valence-electron chi connectivity index (χ0n) is 15.1. The van der Waals surface area contributed by atoms with E-state index in [0.717, 1.165) is 0 Å². The van der Waals surface area contributed by atoms with Crippen LogP contribution in [0.15, 0.2) is 34.3 Å². The van der Waals surface area contributed by atoms with Crippen LogP contribution in [-0.2, 0) is 9.59 Å². The molecule has 9 nitrogen and oxygen atoms in total. The van der Waals surface area contributed by atoms with Crippen LogP contribution in [0.25, 0.3) is 0 Å². The molecule has 0 radical (unpaired) electrons. The highest BCUT2D eigenvalue weighted by Crippen LogP contribution is 2.24. The second kappa shape index (κ2) is 9.67. The lowest BCUT2D eigenvalue weighted by molar-refractivity contribution is -0.119. The molecule has 3 amide bonds. The van der Waals surface area contributed by atoms with Gasteiger partial charge in [0.05, 0.1) is 24.8 Å². The number of amides is 3. The molecule has 3 atom stereocenters. The SMILES string of the molecule is COc1ccc(Br)c(C(=O)N[C@@H]2C=C(C(=O)NCCC(N)=O)C[C@@H](O)[C@@H]2O)c1. The molecule has 0 fully saturated rings. The molecule has 0 bridgehead atoms. The van der Waals surface area contributed by atoms with Crippen molar-refractivity contribution in [1.82, 2.24) is 10.6 Å². The van der Waals surface area contributed by atoms with Gasteiger partial charge in [0.25, 0.3) is 5.91 Å². The predicted octanol–water partition coefficient (Wildman–Crippen LogP) is -0.400. The van der Waals surface area contributed by atoms with E-state index < -0.39 is 36.0 Å². The Kier molecular flexibility index (Phi) is 7.55. The molecule has 2 rings (SSSR count). The minimum atomic E-state index is -1.28. The van der Waals surface area contributed by atoms with Crippen molar-refractivity contribution >= 4 is 33.7 Å². The second-order valence-electron chi connectivity index (χ2n) is 6.27. The van der Waals surface area contributed by atoms with Gasteiger partial charge in [-0.15, -0.1) is 0 Å². The maximum Gasteiger partial charge on any atom is 0.253 e. The van der Waals surface area contributed by atoms with Crippen molar-refractivity contribution in [1.29, 1.82) is 0 Å². The van der Waals surface area contributed by atoms with Gasteiger partial charge in [-0.2, -0.15) is 0 Å². The normalized spacial score (nSPS) is 21.4. The molecule has 0 unspecified atom stereocenters. The summed E-state index contributed by atoms with van der Waals surface area (Å²) >= 11 is 3.28. The van der Waals surface area contributed by atoms with Crippen LogP contribution >= 0.6 is 15.9 Å². The van der Waals surface area contributed by atoms with Crippen LogP contribution < -0.4 is 21.1 Å². The number of methoxy groups -OCH3 is 1. The van der Waals surface area contributed by atoms with Crippen molar-refractivity contribution in [3.05, 3.63) is 39.9 Å². The first-order valence-electron chi connectivity index (χ1n) is 8.50. The largest absolute Gasteiger partial charge is 0.497 e. The number of nitrogens with two attached hydrogens (primary N) is 1. The summed E-state index contributed by atoms with van der Waals surface area (Å²) in [6.45, 7) is 0.0535. The second-order valence-corrected chi connectivity index (χ2v) is 7.13. The van der Waals surface area contributed by atoms with Crippen molar-refractivity contribution < 1.29 is 29.3 Å². The molecule has 1 aliphatic rings. The Morgan fingerprint density at radius 2 is 2.00 bits per heavy atom. The Morgan fingerprint density at radius 1 is 1.29 bits per heavy atom. The number of rotatable bonds is 7. The van der Waals surface area contributed by atoms with Crippen molar-refractivity contribution in [2.45, 2.75) is 31.1 Å². The minimum Gasteiger partial charge on any atom is -0.497 e. The van der Waals surface area contributed by atoms with E-state index in [1.807, 2.05) is 0 Å². The van der Waals surface area contributed by atoms with E-state index in [1.165, 1.54) is 19.3 Å². The fourth-order valence-electron chi connectivity index (χ4n) is 2.71. The van der Waals surface area contributed by atoms with Crippen LogP contribution in [0.3, 0.4) is 0 Å². The Hall–Kier alpha value is -2.43. The zero-order chi connectivity index (χ0) is 20.8. The van der Waals surface area contributed by atoms with Gasteiger partial charge in [-0.3, -0.25) is 14.4 Å². The number of aliphatic hydroxyl groups excluding tert-OH is 2. The zero-order valence-corrected chi connectivity index (χ0v) is 16.7. The maximum atomic E-state index is 12.6. The van der Waals surface area contributed by atoms with Crippen LogP contribution in [0.2, 0.25) is 0 Å². The van der Waals surface area contributed by atoms with Gasteiger partial charge < -0.3 is 31.3 Å². The Bertz CT molecular complexity index is 798. The fourth-order valence-corrected chi connectivity index (χ4v) is 3.14. The summed E-state index contributed by atoms with van der Waals surface area (Å²) in [6.07, 6.45) is -1.23. The van der Waals surface area contributed by atoms with Gasteiger partial charge in [0, 0.05) is 29.4 Å². The average molecular weight is 456 g/mol. The third-order valence-corrected chi connectivity index (χ3v) is 4.93. The number of carbonyl (C=O) groups excluding carboxylic acids is 3. The van der Waals surface area contributed by atoms with E-state index in [1.54, 1.807) is 12.1 Å². The molecule has 1 aliphatic carbocycles. The predicted molar refractivity (Wildman–Crippen MR) is 103 cm³/mol. The summed E-state index contributed by atoms with van der Waals surface area (Å²) in [7, 11) is 1.47. The van der Waals surface area contributed by atoms with Crippen LogP contribution in [0, 0.1) is 0 Å². The van der Waals surface area contributed by atoms with Crippen molar-refractivity contribution in [2.75, 3.05) is 13.7 Å². The molecular weight excluding hydrogens is 434 g/mol. The molecule has 0 saturated carbocycles. The number of halogens is 1. The molecule has 1 aromatic carbocycles. The molecule has 28 heavy (non-hydrogen) atoms. The lowest BCUT2D eigenvalue weighted by Gasteiger charge is -2.31. The molecule has 0 heterocycles. The highest BCUT2D eigenvalue weighted by atomic mass is 79.9. The molecule has 6 N–H and O–H groups in total. The van der Waals surface area contributed by atoms with E-state index in [-0.39, 0.29) is 30.5 Å². The van der Waals surface area contributed by atoms with Crippen LogP contribution in [0.4, 0.5) is 0 Å². The third kappa shape index (κ3) is 5.54. The summed E-state index contributed by atoms with van der Waals surface area (Å²) in [5.74, 6) is -1.10. The van der Waals surface area contributed by atoms with Gasteiger partial charge in [0.15, 0.2) is 0 Å². The first-order chi connectivity index (χ1) is 13.2. The van der Waals surface area contributed by atoms with Crippen LogP contribution in [0.1, 0.15) is 23.2 Å². The molecule has 0 aromatic heterocycles. The van der Waals surface area contributed by atoms with E-state index in [2.05, 4.69) is 26.6 Å². The Morgan fingerprint density at radius 3 is 2.64 bits per heavy atom. The standard InChI is InChI=1S/C18H22BrN3O6/c1-28-10-2-3-12(19)11(8-10)18(27)22-13-6-9(7-14(23)16(13)25)17(26)21-5-4-15(20)24/h2-3,6,8,13-14,16,23,25H,4-5,7H2,1H3,(H2,20,24)(H,21,26)(H,22,27)/t13-,14-,16-/m1/s1. The van der Waals surface area contributed by atoms with Gasteiger partial charge in [0.1, 0.15) is 11.9 Å². The van der Waals surface area contributed by atoms with Crippen molar-refractivity contribution in [3.8, 4) is 5.75 Å². The van der Waals surface area contributed by atoms with Crippen LogP contribution in [0.5, 0.6) is 5.75 Å². The van der Waals surface area contributed by atoms with Gasteiger partial charge >= 0.3 is 0 Å². The first-order valence-corrected chi connectivity index (χ1v) is 9.30. The number of hydrogen-bond acceptors (Lipinski definition) is 6. The quantitative estimate of drug-likeness (QED) is 0.377. The number of benzene rings is 1. The Balaban J connectivity index is 2.14. The number of primary amides is 1. The Labute approximate surface area is 170 Å². The summed E-state index contributed by atoms with van der Waals surface area (Å²) in [6, 6.07) is 3.86.